The maximum Gasteiger partial charge on any atom is 0.164 e. The Morgan fingerprint density at radius 3 is 3.10 bits per heavy atom. The minimum absolute atomic E-state index is 0.352. The summed E-state index contributed by atoms with van der Waals surface area (Å²) in [5.74, 6) is 7.39. The van der Waals surface area contributed by atoms with Crippen molar-refractivity contribution in [3.63, 3.8) is 0 Å². The van der Waals surface area contributed by atoms with E-state index < -0.39 is 0 Å². The molecule has 0 aliphatic rings. The molecule has 0 atom stereocenters. The van der Waals surface area contributed by atoms with Crippen LogP contribution in [0.1, 0.15) is 24.7 Å². The van der Waals surface area contributed by atoms with Crippen LogP contribution < -0.4 is 10.5 Å². The van der Waals surface area contributed by atoms with Crippen LogP contribution in [0, 0.1) is 11.8 Å². The Morgan fingerprint density at radius 2 is 2.30 bits per heavy atom. The predicted molar refractivity (Wildman–Crippen MR) is 77.0 cm³/mol. The van der Waals surface area contributed by atoms with Crippen molar-refractivity contribution in [1.82, 2.24) is 14.8 Å². The largest absolute Gasteiger partial charge is 0.486 e. The van der Waals surface area contributed by atoms with Crippen LogP contribution in [0.3, 0.4) is 0 Å². The third-order valence-corrected chi connectivity index (χ3v) is 2.67. The quantitative estimate of drug-likeness (QED) is 0.838. The molecule has 0 aliphatic heterocycles. The summed E-state index contributed by atoms with van der Waals surface area (Å²) >= 11 is 0. The number of aryl methyl sites for hydroxylation is 1. The molecule has 1 aromatic carbocycles. The van der Waals surface area contributed by atoms with Gasteiger partial charge < -0.3 is 10.5 Å². The van der Waals surface area contributed by atoms with Crippen LogP contribution in [0.5, 0.6) is 5.75 Å². The molecule has 104 valence electrons. The first-order chi connectivity index (χ1) is 9.83. The fourth-order valence-electron chi connectivity index (χ4n) is 1.76. The highest BCUT2D eigenvalue weighted by atomic mass is 16.5. The highest BCUT2D eigenvalue weighted by molar-refractivity contribution is 5.39. The van der Waals surface area contributed by atoms with Crippen molar-refractivity contribution in [2.75, 3.05) is 6.54 Å². The third-order valence-electron chi connectivity index (χ3n) is 2.67. The van der Waals surface area contributed by atoms with E-state index >= 15 is 0 Å². The summed E-state index contributed by atoms with van der Waals surface area (Å²) in [5.41, 5.74) is 6.25. The first kappa shape index (κ1) is 14.1. The number of hydrogen-bond donors (Lipinski definition) is 1. The average Bonchev–Trinajstić information content (AvgIpc) is 2.91. The van der Waals surface area contributed by atoms with E-state index in [1.54, 1.807) is 6.33 Å². The van der Waals surface area contributed by atoms with E-state index in [0.717, 1.165) is 30.1 Å². The van der Waals surface area contributed by atoms with E-state index in [2.05, 4.69) is 28.8 Å². The molecule has 0 saturated heterocycles. The second-order valence-electron chi connectivity index (χ2n) is 4.22. The van der Waals surface area contributed by atoms with Crippen LogP contribution in [0.4, 0.5) is 0 Å². The fraction of sp³-hybridized carbons (Fsp3) is 0.333. The molecular formula is C15H18N4O. The number of nitrogens with zero attached hydrogens (tertiary/aromatic N) is 3. The molecule has 1 aromatic heterocycles. The standard InChI is InChI=1S/C15H18N4O/c1-2-9-19-15(17-12-18-19)11-20-14-7-3-5-13(10-14)6-4-8-16/h3,5,7,10,12H,2,8-9,11,16H2,1H3. The van der Waals surface area contributed by atoms with Crippen molar-refractivity contribution >= 4 is 0 Å². The van der Waals surface area contributed by atoms with Crippen LogP contribution in [0.2, 0.25) is 0 Å². The average molecular weight is 270 g/mol. The van der Waals surface area contributed by atoms with E-state index in [1.165, 1.54) is 0 Å². The van der Waals surface area contributed by atoms with Gasteiger partial charge in [0.05, 0.1) is 6.54 Å². The minimum atomic E-state index is 0.352. The lowest BCUT2D eigenvalue weighted by molar-refractivity contribution is 0.286. The van der Waals surface area contributed by atoms with E-state index in [1.807, 2.05) is 28.9 Å². The van der Waals surface area contributed by atoms with Crippen molar-refractivity contribution in [2.24, 2.45) is 5.73 Å². The van der Waals surface area contributed by atoms with Gasteiger partial charge in [-0.25, -0.2) is 9.67 Å². The molecule has 2 aromatic rings. The smallest absolute Gasteiger partial charge is 0.164 e. The molecule has 5 heteroatoms. The van der Waals surface area contributed by atoms with Crippen molar-refractivity contribution in [3.8, 4) is 17.6 Å². The Bertz CT molecular complexity index is 610. The molecule has 0 fully saturated rings. The molecule has 2 N–H and O–H groups in total. The lowest BCUT2D eigenvalue weighted by atomic mass is 10.2. The Morgan fingerprint density at radius 1 is 1.40 bits per heavy atom. The normalized spacial score (nSPS) is 9.90. The van der Waals surface area contributed by atoms with E-state index in [-0.39, 0.29) is 0 Å². The van der Waals surface area contributed by atoms with Crippen LogP contribution >= 0.6 is 0 Å². The van der Waals surface area contributed by atoms with Gasteiger partial charge in [-0.3, -0.25) is 0 Å². The highest BCUT2D eigenvalue weighted by Crippen LogP contribution is 2.14. The zero-order chi connectivity index (χ0) is 14.2. The molecule has 0 unspecified atom stereocenters. The summed E-state index contributed by atoms with van der Waals surface area (Å²) < 4.78 is 7.59. The number of benzene rings is 1. The van der Waals surface area contributed by atoms with Gasteiger partial charge in [-0.15, -0.1) is 0 Å². The van der Waals surface area contributed by atoms with Gasteiger partial charge in [0, 0.05) is 12.1 Å². The summed E-state index contributed by atoms with van der Waals surface area (Å²) in [5, 5.41) is 4.17. The van der Waals surface area contributed by atoms with Crippen LogP contribution in [0.25, 0.3) is 0 Å². The summed E-state index contributed by atoms with van der Waals surface area (Å²) in [4.78, 5) is 4.20. The number of aromatic nitrogens is 3. The monoisotopic (exact) mass is 270 g/mol. The van der Waals surface area contributed by atoms with Crippen LogP contribution in [-0.4, -0.2) is 21.3 Å². The maximum absolute atomic E-state index is 5.74. The van der Waals surface area contributed by atoms with Gasteiger partial charge >= 0.3 is 0 Å². The molecule has 0 radical (unpaired) electrons. The van der Waals surface area contributed by atoms with Gasteiger partial charge in [0.1, 0.15) is 18.7 Å². The molecule has 20 heavy (non-hydrogen) atoms. The topological polar surface area (TPSA) is 66.0 Å². The SMILES string of the molecule is CCCn1ncnc1COc1cccc(C#CCN)c1. The zero-order valence-electron chi connectivity index (χ0n) is 11.5. The predicted octanol–water partition coefficient (Wildman–Crippen LogP) is 1.58. The van der Waals surface area contributed by atoms with Crippen molar-refractivity contribution in [2.45, 2.75) is 26.5 Å². The van der Waals surface area contributed by atoms with E-state index in [0.29, 0.717) is 13.2 Å². The molecule has 0 bridgehead atoms. The summed E-state index contributed by atoms with van der Waals surface area (Å²) in [6.45, 7) is 3.70. The Hall–Kier alpha value is -2.32. The van der Waals surface area contributed by atoms with Crippen molar-refractivity contribution in [3.05, 3.63) is 42.0 Å². The third kappa shape index (κ3) is 3.84. The lowest BCUT2D eigenvalue weighted by Crippen LogP contribution is -2.08. The maximum atomic E-state index is 5.74. The zero-order valence-corrected chi connectivity index (χ0v) is 11.5. The summed E-state index contributed by atoms with van der Waals surface area (Å²) in [7, 11) is 0. The molecule has 0 aliphatic carbocycles. The van der Waals surface area contributed by atoms with Crippen LogP contribution in [0.15, 0.2) is 30.6 Å². The Kier molecular flexibility index (Phi) is 5.15. The second kappa shape index (κ2) is 7.31. The van der Waals surface area contributed by atoms with Crippen molar-refractivity contribution in [1.29, 1.82) is 0 Å². The summed E-state index contributed by atoms with van der Waals surface area (Å²) in [6.07, 6.45) is 2.57. The summed E-state index contributed by atoms with van der Waals surface area (Å²) in [6, 6.07) is 7.62. The van der Waals surface area contributed by atoms with Crippen LogP contribution in [-0.2, 0) is 13.2 Å². The number of ether oxygens (including phenoxy) is 1. The fourth-order valence-corrected chi connectivity index (χ4v) is 1.76. The molecule has 5 nitrogen and oxygen atoms in total. The molecule has 2 rings (SSSR count). The van der Waals surface area contributed by atoms with Gasteiger partial charge in [-0.05, 0) is 24.6 Å². The Labute approximate surface area is 118 Å². The lowest BCUT2D eigenvalue weighted by Gasteiger charge is -2.07. The number of hydrogen-bond acceptors (Lipinski definition) is 4. The van der Waals surface area contributed by atoms with Crippen molar-refractivity contribution < 1.29 is 4.74 Å². The molecule has 0 spiro atoms. The van der Waals surface area contributed by atoms with E-state index in [4.69, 9.17) is 10.5 Å². The number of rotatable bonds is 5. The molecular weight excluding hydrogens is 252 g/mol. The van der Waals surface area contributed by atoms with Gasteiger partial charge in [0.25, 0.3) is 0 Å². The molecule has 1 heterocycles. The minimum Gasteiger partial charge on any atom is -0.486 e. The first-order valence-corrected chi connectivity index (χ1v) is 6.62. The van der Waals surface area contributed by atoms with Gasteiger partial charge in [-0.2, -0.15) is 5.10 Å². The van der Waals surface area contributed by atoms with Gasteiger partial charge in [-0.1, -0.05) is 24.8 Å². The van der Waals surface area contributed by atoms with Gasteiger partial charge in [0.15, 0.2) is 5.82 Å². The molecule has 0 amide bonds. The molecule has 0 saturated carbocycles. The first-order valence-electron chi connectivity index (χ1n) is 6.62. The number of nitrogens with two attached hydrogens (primary N) is 1. The second-order valence-corrected chi connectivity index (χ2v) is 4.22. The Balaban J connectivity index is 2.01. The van der Waals surface area contributed by atoms with Gasteiger partial charge in [0.2, 0.25) is 0 Å². The highest BCUT2D eigenvalue weighted by Gasteiger charge is 2.04. The van der Waals surface area contributed by atoms with E-state index in [9.17, 15) is 0 Å².